The third-order valence-corrected chi connectivity index (χ3v) is 10.1. The molecule has 2 aromatic rings. The fourth-order valence-electron chi connectivity index (χ4n) is 7.31. The molecule has 4 rings (SSSR count). The van der Waals surface area contributed by atoms with Crippen molar-refractivity contribution in [1.82, 2.24) is 29.8 Å². The van der Waals surface area contributed by atoms with Gasteiger partial charge in [0.2, 0.25) is 5.91 Å². The fourth-order valence-corrected chi connectivity index (χ4v) is 7.53. The number of carbonyl (C=O) groups is 6. The van der Waals surface area contributed by atoms with Gasteiger partial charge in [0.25, 0.3) is 0 Å². The van der Waals surface area contributed by atoms with Gasteiger partial charge >= 0.3 is 264 Å². The number of nitrogens with zero attached hydrogens (tertiary/aromatic N) is 5. The number of allylic oxidation sites excluding steroid dienone is 2. The first-order valence-electron chi connectivity index (χ1n) is 19.1. The number of hydrogen-bond acceptors (Lipinski definition) is 15. The summed E-state index contributed by atoms with van der Waals surface area (Å²) < 4.78 is 33.4. The van der Waals surface area contributed by atoms with Gasteiger partial charge in [0, 0.05) is 114 Å². The molecule has 0 fully saturated rings. The number of anilines is 1. The number of halogens is 2. The van der Waals surface area contributed by atoms with E-state index in [1.165, 1.54) is 4.90 Å². The zero-order chi connectivity index (χ0) is 45.0. The third-order valence-electron chi connectivity index (χ3n) is 9.87. The molecule has 66 heavy (non-hydrogen) atoms. The molecule has 19 nitrogen and oxygen atoms in total. The second-order valence-electron chi connectivity index (χ2n) is 14.6. The molecule has 0 spiro atoms. The minimum absolute atomic E-state index is 0. The average molecular weight is 1070 g/mol. The van der Waals surface area contributed by atoms with Crippen LogP contribution in [0.2, 0.25) is 0 Å². The van der Waals surface area contributed by atoms with Crippen LogP contribution in [0.1, 0.15) is 35.4 Å². The summed E-state index contributed by atoms with van der Waals surface area (Å²) in [4.78, 5) is 72.8. The molecule has 3 heterocycles. The second kappa shape index (κ2) is 34.6. The van der Waals surface area contributed by atoms with Crippen molar-refractivity contribution in [3.05, 3.63) is 70.7 Å². The van der Waals surface area contributed by atoms with E-state index in [0.29, 0.717) is 34.0 Å². The molecule has 0 radical (unpaired) electrons. The number of thiocarbonyl (C=S) groups is 1. The molecule has 1 unspecified atom stereocenters. The summed E-state index contributed by atoms with van der Waals surface area (Å²) in [6, 6.07) is 7.18. The minimum Gasteiger partial charge on any atom is -0.549 e. The van der Waals surface area contributed by atoms with Crippen molar-refractivity contribution in [2.45, 2.75) is 39.2 Å². The van der Waals surface area contributed by atoms with Gasteiger partial charge < -0.3 is 83.1 Å². The molecule has 0 bridgehead atoms. The van der Waals surface area contributed by atoms with E-state index >= 15 is 8.63 Å². The van der Waals surface area contributed by atoms with Gasteiger partial charge in [0.1, 0.15) is 5.71 Å². The number of nitrogens with one attached hydrogen (secondary N) is 3. The number of aryl methyl sites for hydroxylation is 2. The number of carboxylic acid groups (broad SMARTS) is 5. The monoisotopic (exact) mass is 1060 g/mol. The van der Waals surface area contributed by atoms with Crippen LogP contribution < -0.4 is 298 Å². The Hall–Kier alpha value is 2.15. The summed E-state index contributed by atoms with van der Waals surface area (Å²) in [7, 11) is 0. The van der Waals surface area contributed by atoms with Gasteiger partial charge in [-0.05, 0) is 67.5 Å². The largest absolute Gasteiger partial charge is 1.00 e. The van der Waals surface area contributed by atoms with Gasteiger partial charge in [-0.1, -0.05) is 12.1 Å². The van der Waals surface area contributed by atoms with Crippen LogP contribution in [0.25, 0.3) is 6.08 Å². The topological polar surface area (TPSA) is 271 Å². The van der Waals surface area contributed by atoms with Crippen molar-refractivity contribution < 1.29 is 324 Å². The van der Waals surface area contributed by atoms with Crippen LogP contribution in [0.3, 0.4) is 0 Å². The maximum Gasteiger partial charge on any atom is 1.00 e. The number of rotatable bonds is 25. The van der Waals surface area contributed by atoms with Crippen LogP contribution in [-0.2, 0) is 35.2 Å². The van der Waals surface area contributed by atoms with Crippen molar-refractivity contribution in [3.63, 3.8) is 0 Å². The van der Waals surface area contributed by atoms with E-state index in [0.717, 1.165) is 24.3 Å². The molecule has 2 aliphatic heterocycles. The third kappa shape index (κ3) is 23.1. The van der Waals surface area contributed by atoms with Gasteiger partial charge in [0.05, 0.1) is 29.8 Å². The number of aliphatic carboxylic acids is 5. The van der Waals surface area contributed by atoms with Crippen LogP contribution >= 0.6 is 12.2 Å². The minimum atomic E-state index is -4.14. The SMILES string of the molecule is Cc1cc(C)n2c1C=C1C=CC(CCC(=O)NCCNC(=S)Nc3ccc(CC(CN(CCN(CC(=O)[O-])CC(=O)[O-])CC(=O)[O-])N(CC(=O)[O-])CC(=O)[O-])cc3)=[N+]1[B-]2(F)F.[K+].[K+].[K+].[K+].[K+]. The Kier molecular flexibility index (Phi) is 36.8. The van der Waals surface area contributed by atoms with E-state index in [1.807, 2.05) is 0 Å². The molecule has 1 aromatic carbocycles. The first kappa shape index (κ1) is 70.2. The van der Waals surface area contributed by atoms with Gasteiger partial charge in [-0.2, -0.15) is 0 Å². The molecular weight excluding hydrogens is 1020 g/mol. The molecule has 0 saturated carbocycles. The number of carboxylic acids is 5. The van der Waals surface area contributed by atoms with Crippen LogP contribution in [0.15, 0.2) is 48.2 Å². The number of benzene rings is 1. The van der Waals surface area contributed by atoms with Crippen molar-refractivity contribution >= 4 is 77.5 Å². The summed E-state index contributed by atoms with van der Waals surface area (Å²) in [5.41, 5.74) is 3.43. The summed E-state index contributed by atoms with van der Waals surface area (Å²) in [5.74, 6) is -8.37. The van der Waals surface area contributed by atoms with Crippen LogP contribution in [0, 0.1) is 13.8 Å². The molecule has 0 saturated heterocycles. The van der Waals surface area contributed by atoms with Crippen LogP contribution in [0.4, 0.5) is 14.3 Å². The zero-order valence-corrected chi connectivity index (χ0v) is 54.8. The Morgan fingerprint density at radius 3 is 1.82 bits per heavy atom. The Labute approximate surface area is 599 Å². The first-order chi connectivity index (χ1) is 28.7. The Morgan fingerprint density at radius 2 is 1.27 bits per heavy atom. The second-order valence-corrected chi connectivity index (χ2v) is 15.0. The van der Waals surface area contributed by atoms with E-state index < -0.39 is 75.6 Å². The Morgan fingerprint density at radius 1 is 0.758 bits per heavy atom. The van der Waals surface area contributed by atoms with Crippen molar-refractivity contribution in [2.75, 3.05) is 70.8 Å². The van der Waals surface area contributed by atoms with Crippen molar-refractivity contribution in [2.24, 2.45) is 0 Å². The number of carbonyl (C=O) groups excluding carboxylic acids is 6. The van der Waals surface area contributed by atoms with Crippen molar-refractivity contribution in [1.29, 1.82) is 0 Å². The molecule has 330 valence electrons. The summed E-state index contributed by atoms with van der Waals surface area (Å²) in [5, 5.41) is 65.9. The molecule has 1 atom stereocenters. The molecule has 0 aliphatic carbocycles. The quantitative estimate of drug-likeness (QED) is 0.0473. The summed E-state index contributed by atoms with van der Waals surface area (Å²) in [6.45, 7) is -5.29. The Bertz CT molecular complexity index is 2110. The van der Waals surface area contributed by atoms with Gasteiger partial charge in [0.15, 0.2) is 10.8 Å². The fraction of sp³-hybridized carbons (Fsp3) is 0.421. The van der Waals surface area contributed by atoms with E-state index in [4.69, 9.17) is 12.2 Å². The average Bonchev–Trinajstić information content (AvgIpc) is 3.70. The molecule has 2 aliphatic rings. The van der Waals surface area contributed by atoms with Gasteiger partial charge in [-0.3, -0.25) is 19.5 Å². The van der Waals surface area contributed by atoms with Gasteiger partial charge in [-0.15, -0.1) is 0 Å². The maximum atomic E-state index is 15.7. The van der Waals surface area contributed by atoms with E-state index in [1.54, 1.807) is 62.4 Å². The standard InChI is InChI=1S/C38H49BF2N8O11S.5K/c1-24-15-25(2)48-31(24)17-29-8-7-28(49(29)39(48,40)41)9-10-32(50)42-11-12-43-38(61)44-27-5-3-26(4-6-27)16-30(47(22-36(57)58)23-37(59)60)18-45(19-33(51)52)13-14-46(20-34(53)54)21-35(55)56;;;;;/h3-8,15,17,30H,9-14,16,18-23H2,1-2H3,(H,42,50)(H,51,52)(H,53,54)(H,55,56)(H,57,58)(H,59,60)(H2,43,44,61);;;;;/q;5*+1/p-5. The van der Waals surface area contributed by atoms with E-state index in [2.05, 4.69) is 16.0 Å². The van der Waals surface area contributed by atoms with Crippen LogP contribution in [-0.4, -0.2) is 149 Å². The van der Waals surface area contributed by atoms with E-state index in [-0.39, 0.29) is 320 Å². The predicted octanol–water partition coefficient (Wildman–Crippen LogP) is -20.8. The molecule has 28 heteroatoms. The number of hydrogen-bond donors (Lipinski definition) is 3. The first-order valence-corrected chi connectivity index (χ1v) is 19.5. The molecule has 1 aromatic heterocycles. The molecule has 3 N–H and O–H groups in total. The zero-order valence-electron chi connectivity index (χ0n) is 38.4. The molecular formula is C38H44BF2K5N8O11S. The smallest absolute Gasteiger partial charge is 0.549 e. The predicted molar refractivity (Wildman–Crippen MR) is 210 cm³/mol. The van der Waals surface area contributed by atoms with Crippen LogP contribution in [0.5, 0.6) is 0 Å². The van der Waals surface area contributed by atoms with Gasteiger partial charge in [-0.25, -0.2) is 0 Å². The number of aromatic nitrogens is 1. The maximum absolute atomic E-state index is 15.7. The van der Waals surface area contributed by atoms with Crippen molar-refractivity contribution in [3.8, 4) is 0 Å². The summed E-state index contributed by atoms with van der Waals surface area (Å²) >= 11 is 5.35. The summed E-state index contributed by atoms with van der Waals surface area (Å²) in [6.07, 6.45) is 4.98. The number of amides is 1. The normalized spacial score (nSPS) is 13.3. The Balaban J connectivity index is 0. The number of fused-ring (bicyclic) bond motifs is 2. The molecule has 1 amide bonds. The van der Waals surface area contributed by atoms with E-state index in [9.17, 15) is 54.3 Å².